The molecule has 2 aromatic heterocycles. The van der Waals surface area contributed by atoms with Crippen molar-refractivity contribution < 1.29 is 0 Å². The number of nitrogens with two attached hydrogens (primary N) is 1. The van der Waals surface area contributed by atoms with Gasteiger partial charge in [0.25, 0.3) is 0 Å². The number of nitrogens with zero attached hydrogens (tertiary/aromatic N) is 3. The molecule has 3 aromatic rings. The Balaban J connectivity index is 2.12. The fourth-order valence-corrected chi connectivity index (χ4v) is 2.44. The van der Waals surface area contributed by atoms with E-state index in [9.17, 15) is 0 Å². The van der Waals surface area contributed by atoms with Crippen LogP contribution in [0, 0.1) is 0 Å². The van der Waals surface area contributed by atoms with Crippen LogP contribution in [-0.4, -0.2) is 19.7 Å². The van der Waals surface area contributed by atoms with Gasteiger partial charge in [-0.05, 0) is 25.0 Å². The van der Waals surface area contributed by atoms with Crippen LogP contribution < -0.4 is 5.73 Å². The minimum atomic E-state index is 0.662. The fraction of sp³-hybridized carbons (Fsp3) is 0.333. The van der Waals surface area contributed by atoms with E-state index < -0.39 is 0 Å². The lowest BCUT2D eigenvalue weighted by atomic mass is 10.1. The molecule has 104 valence electrons. The van der Waals surface area contributed by atoms with Gasteiger partial charge in [-0.2, -0.15) is 5.10 Å². The summed E-state index contributed by atoms with van der Waals surface area (Å²) >= 11 is 0. The molecule has 0 aliphatic carbocycles. The molecule has 3 rings (SSSR count). The second-order valence-corrected chi connectivity index (χ2v) is 5.04. The molecule has 1 aromatic carbocycles. The van der Waals surface area contributed by atoms with Crippen LogP contribution in [0.15, 0.2) is 24.3 Å². The van der Waals surface area contributed by atoms with Gasteiger partial charge in [0.1, 0.15) is 11.6 Å². The SMILES string of the molecule is CCCCc1nn(C)c(N)c1-c1nc2ccccc2[nH]1. The van der Waals surface area contributed by atoms with Gasteiger partial charge >= 0.3 is 0 Å². The Kier molecular flexibility index (Phi) is 3.18. The number of fused-ring (bicyclic) bond motifs is 1. The van der Waals surface area contributed by atoms with Gasteiger partial charge in [0, 0.05) is 7.05 Å². The van der Waals surface area contributed by atoms with Crippen molar-refractivity contribution in [2.45, 2.75) is 26.2 Å². The highest BCUT2D eigenvalue weighted by atomic mass is 15.3. The highest BCUT2D eigenvalue weighted by molar-refractivity contribution is 5.82. The molecule has 0 unspecified atom stereocenters. The highest BCUT2D eigenvalue weighted by Crippen LogP contribution is 2.29. The van der Waals surface area contributed by atoms with E-state index in [1.807, 2.05) is 31.3 Å². The molecule has 0 aliphatic rings. The number of nitrogens with one attached hydrogen (secondary N) is 1. The summed E-state index contributed by atoms with van der Waals surface area (Å²) in [7, 11) is 1.87. The van der Waals surface area contributed by atoms with Crippen molar-refractivity contribution >= 4 is 16.9 Å². The first-order valence-corrected chi connectivity index (χ1v) is 6.97. The van der Waals surface area contributed by atoms with Crippen LogP contribution in [0.4, 0.5) is 5.82 Å². The molecule has 0 saturated heterocycles. The van der Waals surface area contributed by atoms with Crippen molar-refractivity contribution in [1.29, 1.82) is 0 Å². The zero-order valence-electron chi connectivity index (χ0n) is 11.8. The van der Waals surface area contributed by atoms with E-state index in [4.69, 9.17) is 5.73 Å². The number of hydrogen-bond donors (Lipinski definition) is 2. The van der Waals surface area contributed by atoms with E-state index >= 15 is 0 Å². The van der Waals surface area contributed by atoms with Gasteiger partial charge in [-0.15, -0.1) is 0 Å². The molecule has 3 N–H and O–H groups in total. The molecule has 0 bridgehead atoms. The monoisotopic (exact) mass is 269 g/mol. The third kappa shape index (κ3) is 2.05. The van der Waals surface area contributed by atoms with Gasteiger partial charge in [0.2, 0.25) is 0 Å². The van der Waals surface area contributed by atoms with Crippen molar-refractivity contribution in [2.75, 3.05) is 5.73 Å². The summed E-state index contributed by atoms with van der Waals surface area (Å²) in [5.41, 5.74) is 10.1. The number of aromatic nitrogens is 4. The third-order valence-corrected chi connectivity index (χ3v) is 3.56. The van der Waals surface area contributed by atoms with Crippen LogP contribution in [-0.2, 0) is 13.5 Å². The van der Waals surface area contributed by atoms with Crippen molar-refractivity contribution in [3.05, 3.63) is 30.0 Å². The van der Waals surface area contributed by atoms with E-state index in [0.717, 1.165) is 47.4 Å². The number of aromatic amines is 1. The molecule has 0 atom stereocenters. The molecule has 0 saturated carbocycles. The van der Waals surface area contributed by atoms with Gasteiger partial charge < -0.3 is 10.7 Å². The van der Waals surface area contributed by atoms with Gasteiger partial charge in [0.15, 0.2) is 0 Å². The summed E-state index contributed by atoms with van der Waals surface area (Å²) in [6.45, 7) is 2.17. The number of unbranched alkanes of at least 4 members (excludes halogenated alkanes) is 1. The predicted octanol–water partition coefficient (Wildman–Crippen LogP) is 2.89. The Morgan fingerprint density at radius 3 is 2.85 bits per heavy atom. The van der Waals surface area contributed by atoms with E-state index in [-0.39, 0.29) is 0 Å². The summed E-state index contributed by atoms with van der Waals surface area (Å²) in [6, 6.07) is 7.99. The quantitative estimate of drug-likeness (QED) is 0.765. The third-order valence-electron chi connectivity index (χ3n) is 3.56. The largest absolute Gasteiger partial charge is 0.383 e. The Bertz CT molecular complexity index is 705. The average Bonchev–Trinajstić information content (AvgIpc) is 2.98. The van der Waals surface area contributed by atoms with Crippen LogP contribution in [0.3, 0.4) is 0 Å². The molecule has 0 fully saturated rings. The van der Waals surface area contributed by atoms with Gasteiger partial charge in [-0.1, -0.05) is 25.5 Å². The molecule has 0 aliphatic heterocycles. The lowest BCUT2D eigenvalue weighted by Gasteiger charge is -1.99. The van der Waals surface area contributed by atoms with Crippen LogP contribution in [0.5, 0.6) is 0 Å². The smallest absolute Gasteiger partial charge is 0.144 e. The molecule has 5 heteroatoms. The maximum atomic E-state index is 6.17. The van der Waals surface area contributed by atoms with Crippen LogP contribution >= 0.6 is 0 Å². The fourth-order valence-electron chi connectivity index (χ4n) is 2.44. The lowest BCUT2D eigenvalue weighted by Crippen LogP contribution is -1.98. The zero-order chi connectivity index (χ0) is 14.1. The minimum Gasteiger partial charge on any atom is -0.383 e. The normalized spacial score (nSPS) is 11.3. The zero-order valence-corrected chi connectivity index (χ0v) is 11.8. The lowest BCUT2D eigenvalue weighted by molar-refractivity contribution is 0.718. The van der Waals surface area contributed by atoms with Crippen molar-refractivity contribution in [2.24, 2.45) is 7.05 Å². The van der Waals surface area contributed by atoms with Crippen LogP contribution in [0.25, 0.3) is 22.4 Å². The molecule has 2 heterocycles. The first-order chi connectivity index (χ1) is 9.70. The Hall–Kier alpha value is -2.30. The van der Waals surface area contributed by atoms with Crippen molar-refractivity contribution in [3.8, 4) is 11.4 Å². The van der Waals surface area contributed by atoms with Crippen molar-refractivity contribution in [3.63, 3.8) is 0 Å². The molecule has 5 nitrogen and oxygen atoms in total. The number of para-hydroxylation sites is 2. The topological polar surface area (TPSA) is 72.5 Å². The van der Waals surface area contributed by atoms with Gasteiger partial charge in [-0.25, -0.2) is 4.98 Å². The first-order valence-electron chi connectivity index (χ1n) is 6.97. The number of imidazole rings is 1. The number of aryl methyl sites for hydroxylation is 2. The maximum absolute atomic E-state index is 6.17. The number of hydrogen-bond acceptors (Lipinski definition) is 3. The molecule has 0 amide bonds. The van der Waals surface area contributed by atoms with E-state index in [1.54, 1.807) is 4.68 Å². The predicted molar refractivity (Wildman–Crippen MR) is 81.3 cm³/mol. The van der Waals surface area contributed by atoms with Gasteiger partial charge in [0.05, 0.1) is 22.3 Å². The molecule has 20 heavy (non-hydrogen) atoms. The molecular weight excluding hydrogens is 250 g/mol. The Morgan fingerprint density at radius 1 is 1.30 bits per heavy atom. The number of benzene rings is 1. The maximum Gasteiger partial charge on any atom is 0.144 e. The second-order valence-electron chi connectivity index (χ2n) is 5.04. The van der Waals surface area contributed by atoms with Crippen LogP contribution in [0.1, 0.15) is 25.5 Å². The summed E-state index contributed by atoms with van der Waals surface area (Å²) in [5, 5.41) is 4.53. The van der Waals surface area contributed by atoms with Crippen LogP contribution in [0.2, 0.25) is 0 Å². The number of anilines is 1. The summed E-state index contributed by atoms with van der Waals surface area (Å²) in [6.07, 6.45) is 3.16. The standard InChI is InChI=1S/C15H19N5/c1-3-4-7-12-13(14(16)20(2)19-12)15-17-10-8-5-6-9-11(10)18-15/h5-6,8-9H,3-4,7,16H2,1-2H3,(H,17,18). The van der Waals surface area contributed by atoms with E-state index in [1.165, 1.54) is 0 Å². The van der Waals surface area contributed by atoms with E-state index in [0.29, 0.717) is 5.82 Å². The number of H-pyrrole nitrogens is 1. The van der Waals surface area contributed by atoms with Crippen molar-refractivity contribution in [1.82, 2.24) is 19.7 Å². The van der Waals surface area contributed by atoms with E-state index in [2.05, 4.69) is 22.0 Å². The first kappa shape index (κ1) is 12.7. The Morgan fingerprint density at radius 2 is 2.10 bits per heavy atom. The second kappa shape index (κ2) is 5.00. The molecule has 0 spiro atoms. The number of nitrogen functional groups attached to an aromatic ring is 1. The minimum absolute atomic E-state index is 0.662. The summed E-state index contributed by atoms with van der Waals surface area (Å²) in [5.74, 6) is 1.47. The highest BCUT2D eigenvalue weighted by Gasteiger charge is 2.18. The van der Waals surface area contributed by atoms with Gasteiger partial charge in [-0.3, -0.25) is 4.68 Å². The average molecular weight is 269 g/mol. The molecule has 0 radical (unpaired) electrons. The number of rotatable bonds is 4. The molecular formula is C15H19N5. The summed E-state index contributed by atoms with van der Waals surface area (Å²) < 4.78 is 1.73. The summed E-state index contributed by atoms with van der Waals surface area (Å²) in [4.78, 5) is 7.98. The Labute approximate surface area is 117 Å².